The summed E-state index contributed by atoms with van der Waals surface area (Å²) >= 11 is 5.73. The molecule has 2 aromatic heterocycles. The highest BCUT2D eigenvalue weighted by Crippen LogP contribution is 2.22. The van der Waals surface area contributed by atoms with E-state index in [4.69, 9.17) is 16.3 Å². The van der Waals surface area contributed by atoms with Crippen molar-refractivity contribution in [3.63, 3.8) is 0 Å². The van der Waals surface area contributed by atoms with Gasteiger partial charge in [0.1, 0.15) is 0 Å². The Morgan fingerprint density at radius 2 is 2.44 bits per heavy atom. The maximum Gasteiger partial charge on any atom is 0.273 e. The molecule has 0 aliphatic carbocycles. The van der Waals surface area contributed by atoms with Crippen molar-refractivity contribution in [2.75, 3.05) is 0 Å². The van der Waals surface area contributed by atoms with Crippen molar-refractivity contribution in [3.05, 3.63) is 34.1 Å². The Hall–Kier alpha value is -1.82. The molecule has 0 aliphatic heterocycles. The molecule has 6 nitrogen and oxygen atoms in total. The van der Waals surface area contributed by atoms with Gasteiger partial charge in [-0.1, -0.05) is 11.6 Å². The summed E-state index contributed by atoms with van der Waals surface area (Å²) < 4.78 is 7.02. The summed E-state index contributed by atoms with van der Waals surface area (Å²) in [6.07, 6.45) is 4.45. The molecule has 2 heterocycles. The first kappa shape index (κ1) is 10.7. The second kappa shape index (κ2) is 4.36. The minimum atomic E-state index is -0.436. The summed E-state index contributed by atoms with van der Waals surface area (Å²) in [6.45, 7) is 2.69. The standard InChI is InChI=1S/C9H9ClN4O2/c1-2-14-4-6(3-13-14)16-9-7(10)8(15)11-5-12-9/h3-5H,2H2,1H3,(H,11,12,15). The molecule has 84 valence electrons. The topological polar surface area (TPSA) is 72.8 Å². The van der Waals surface area contributed by atoms with E-state index < -0.39 is 5.56 Å². The number of halogens is 1. The van der Waals surface area contributed by atoms with Crippen molar-refractivity contribution in [1.82, 2.24) is 19.7 Å². The van der Waals surface area contributed by atoms with Crippen molar-refractivity contribution in [2.45, 2.75) is 13.5 Å². The molecule has 2 rings (SSSR count). The van der Waals surface area contributed by atoms with Crippen molar-refractivity contribution in [1.29, 1.82) is 0 Å². The van der Waals surface area contributed by atoms with Gasteiger partial charge < -0.3 is 9.72 Å². The zero-order chi connectivity index (χ0) is 11.5. The molecule has 0 spiro atoms. The van der Waals surface area contributed by atoms with E-state index in [-0.39, 0.29) is 10.9 Å². The molecule has 0 saturated heterocycles. The molecule has 0 aromatic carbocycles. The lowest BCUT2D eigenvalue weighted by molar-refractivity contribution is 0.459. The van der Waals surface area contributed by atoms with Gasteiger partial charge in [0.15, 0.2) is 10.8 Å². The average Bonchev–Trinajstić information content (AvgIpc) is 2.73. The molecule has 16 heavy (non-hydrogen) atoms. The van der Waals surface area contributed by atoms with Crippen LogP contribution in [0.2, 0.25) is 5.02 Å². The molecule has 0 atom stereocenters. The Morgan fingerprint density at radius 1 is 1.62 bits per heavy atom. The lowest BCUT2D eigenvalue weighted by atomic mass is 10.6. The van der Waals surface area contributed by atoms with E-state index in [1.165, 1.54) is 12.5 Å². The van der Waals surface area contributed by atoms with Gasteiger partial charge in [-0.2, -0.15) is 5.10 Å². The van der Waals surface area contributed by atoms with E-state index >= 15 is 0 Å². The van der Waals surface area contributed by atoms with E-state index in [2.05, 4.69) is 15.1 Å². The molecule has 0 radical (unpaired) electrons. The van der Waals surface area contributed by atoms with E-state index in [1.807, 2.05) is 6.92 Å². The maximum atomic E-state index is 11.2. The van der Waals surface area contributed by atoms with Crippen LogP contribution >= 0.6 is 11.6 Å². The number of aryl methyl sites for hydroxylation is 1. The van der Waals surface area contributed by atoms with Crippen LogP contribution in [0.4, 0.5) is 0 Å². The minimum absolute atomic E-state index is 0.0704. The summed E-state index contributed by atoms with van der Waals surface area (Å²) in [4.78, 5) is 17.3. The van der Waals surface area contributed by atoms with Gasteiger partial charge in [0.05, 0.1) is 18.7 Å². The highest BCUT2D eigenvalue weighted by Gasteiger charge is 2.09. The predicted octanol–water partition coefficient (Wildman–Crippen LogP) is 1.43. The quantitative estimate of drug-likeness (QED) is 0.881. The molecule has 7 heteroatoms. The first-order valence-corrected chi connectivity index (χ1v) is 5.02. The molecular formula is C9H9ClN4O2. The van der Waals surface area contributed by atoms with Crippen molar-refractivity contribution >= 4 is 11.6 Å². The van der Waals surface area contributed by atoms with Crippen LogP contribution in [0.15, 0.2) is 23.5 Å². The van der Waals surface area contributed by atoms with Gasteiger partial charge >= 0.3 is 0 Å². The zero-order valence-electron chi connectivity index (χ0n) is 8.48. The number of H-pyrrole nitrogens is 1. The summed E-state index contributed by atoms with van der Waals surface area (Å²) in [5, 5.41) is 3.94. The number of aromatic nitrogens is 4. The Kier molecular flexibility index (Phi) is 2.91. The minimum Gasteiger partial charge on any atom is -0.434 e. The van der Waals surface area contributed by atoms with Crippen molar-refractivity contribution < 1.29 is 4.74 Å². The van der Waals surface area contributed by atoms with Gasteiger partial charge in [-0.25, -0.2) is 4.98 Å². The Labute approximate surface area is 95.8 Å². The Morgan fingerprint density at radius 3 is 3.12 bits per heavy atom. The molecule has 0 unspecified atom stereocenters. The van der Waals surface area contributed by atoms with Crippen LogP contribution in [0.3, 0.4) is 0 Å². The van der Waals surface area contributed by atoms with Gasteiger partial charge in [-0.3, -0.25) is 9.48 Å². The van der Waals surface area contributed by atoms with Crippen molar-refractivity contribution in [2.24, 2.45) is 0 Å². The number of nitrogens with one attached hydrogen (secondary N) is 1. The predicted molar refractivity (Wildman–Crippen MR) is 57.8 cm³/mol. The molecule has 0 fully saturated rings. The van der Waals surface area contributed by atoms with Crippen LogP contribution in [0, 0.1) is 0 Å². The largest absolute Gasteiger partial charge is 0.434 e. The fourth-order valence-electron chi connectivity index (χ4n) is 1.12. The average molecular weight is 241 g/mol. The number of hydrogen-bond donors (Lipinski definition) is 1. The first-order chi connectivity index (χ1) is 7.70. The van der Waals surface area contributed by atoms with Crippen LogP contribution in [0.1, 0.15) is 6.92 Å². The first-order valence-electron chi connectivity index (χ1n) is 4.64. The molecule has 0 amide bonds. The summed E-state index contributed by atoms with van der Waals surface area (Å²) in [5.41, 5.74) is -0.436. The molecule has 0 aliphatic rings. The van der Waals surface area contributed by atoms with Gasteiger partial charge in [0.2, 0.25) is 5.88 Å². The Balaban J connectivity index is 2.27. The number of rotatable bonds is 3. The van der Waals surface area contributed by atoms with Crippen LogP contribution < -0.4 is 10.3 Å². The molecule has 0 bridgehead atoms. The van der Waals surface area contributed by atoms with E-state index in [1.54, 1.807) is 10.9 Å². The second-order valence-electron chi connectivity index (χ2n) is 2.98. The van der Waals surface area contributed by atoms with Gasteiger partial charge in [0, 0.05) is 6.54 Å². The fraction of sp³-hybridized carbons (Fsp3) is 0.222. The zero-order valence-corrected chi connectivity index (χ0v) is 9.23. The van der Waals surface area contributed by atoms with Crippen LogP contribution in [-0.4, -0.2) is 19.7 Å². The number of hydrogen-bond acceptors (Lipinski definition) is 4. The van der Waals surface area contributed by atoms with Gasteiger partial charge in [-0.15, -0.1) is 0 Å². The van der Waals surface area contributed by atoms with Gasteiger partial charge in [0.25, 0.3) is 5.56 Å². The molecule has 2 aromatic rings. The van der Waals surface area contributed by atoms with Crippen LogP contribution in [0.25, 0.3) is 0 Å². The highest BCUT2D eigenvalue weighted by atomic mass is 35.5. The fourth-order valence-corrected chi connectivity index (χ4v) is 1.26. The second-order valence-corrected chi connectivity index (χ2v) is 3.36. The van der Waals surface area contributed by atoms with E-state index in [0.717, 1.165) is 6.54 Å². The van der Waals surface area contributed by atoms with Gasteiger partial charge in [-0.05, 0) is 6.92 Å². The number of aromatic amines is 1. The third kappa shape index (κ3) is 2.06. The molecule has 0 saturated carbocycles. The number of nitrogens with zero attached hydrogens (tertiary/aromatic N) is 3. The Bertz CT molecular complexity index is 548. The normalized spacial score (nSPS) is 10.4. The third-order valence-corrected chi connectivity index (χ3v) is 2.25. The summed E-state index contributed by atoms with van der Waals surface area (Å²) in [5.74, 6) is 0.558. The highest BCUT2D eigenvalue weighted by molar-refractivity contribution is 6.31. The lowest BCUT2D eigenvalue weighted by Crippen LogP contribution is -2.07. The lowest BCUT2D eigenvalue weighted by Gasteiger charge is -2.01. The summed E-state index contributed by atoms with van der Waals surface area (Å²) in [7, 11) is 0. The monoisotopic (exact) mass is 240 g/mol. The molecular weight excluding hydrogens is 232 g/mol. The smallest absolute Gasteiger partial charge is 0.273 e. The van der Waals surface area contributed by atoms with Crippen molar-refractivity contribution in [3.8, 4) is 11.6 Å². The van der Waals surface area contributed by atoms with E-state index in [0.29, 0.717) is 5.75 Å². The summed E-state index contributed by atoms with van der Waals surface area (Å²) in [6, 6.07) is 0. The maximum absolute atomic E-state index is 11.2. The van der Waals surface area contributed by atoms with E-state index in [9.17, 15) is 4.79 Å². The SMILES string of the molecule is CCn1cc(Oc2nc[nH]c(=O)c2Cl)cn1. The van der Waals surface area contributed by atoms with Crippen LogP contribution in [0.5, 0.6) is 11.6 Å². The number of ether oxygens (including phenoxy) is 1. The third-order valence-electron chi connectivity index (χ3n) is 1.91. The molecule has 1 N–H and O–H groups in total. The van der Waals surface area contributed by atoms with Crippen LogP contribution in [-0.2, 0) is 6.54 Å².